The van der Waals surface area contributed by atoms with Gasteiger partial charge >= 0.3 is 0 Å². The molecule has 2 bridgehead atoms. The number of benzene rings is 1. The first kappa shape index (κ1) is 11.8. The van der Waals surface area contributed by atoms with E-state index in [0.29, 0.717) is 18.0 Å². The number of hydrogen-bond acceptors (Lipinski definition) is 4. The number of aromatic hydroxyl groups is 1. The summed E-state index contributed by atoms with van der Waals surface area (Å²) in [5, 5.41) is 9.90. The van der Waals surface area contributed by atoms with Gasteiger partial charge in [-0.05, 0) is 31.0 Å². The average molecular weight is 249 g/mol. The Morgan fingerprint density at radius 3 is 2.72 bits per heavy atom. The van der Waals surface area contributed by atoms with E-state index in [9.17, 15) is 5.11 Å². The minimum Gasteiger partial charge on any atom is -0.508 e. The average Bonchev–Trinajstić information content (AvgIpc) is 2.71. The van der Waals surface area contributed by atoms with Crippen LogP contribution >= 0.6 is 0 Å². The first-order valence-corrected chi connectivity index (χ1v) is 6.48. The number of fused-ring (bicyclic) bond motifs is 2. The highest BCUT2D eigenvalue weighted by molar-refractivity contribution is 5.39. The van der Waals surface area contributed by atoms with Crippen LogP contribution in [0.1, 0.15) is 18.4 Å². The third-order valence-electron chi connectivity index (χ3n) is 3.80. The van der Waals surface area contributed by atoms with Gasteiger partial charge in [-0.15, -0.1) is 0 Å². The van der Waals surface area contributed by atoms with E-state index in [1.165, 1.54) is 12.8 Å². The second-order valence-electron chi connectivity index (χ2n) is 5.15. The van der Waals surface area contributed by atoms with E-state index in [4.69, 9.17) is 9.47 Å². The van der Waals surface area contributed by atoms with Crippen molar-refractivity contribution in [2.75, 3.05) is 20.2 Å². The standard InChI is InChI=1S/C14H19NO3/c1-17-11-4-5-14(16)10(6-11)7-15-8-12-2-3-13(9-15)18-12/h4-6,12-13,16H,2-3,7-9H2,1H3. The highest BCUT2D eigenvalue weighted by Crippen LogP contribution is 2.29. The lowest BCUT2D eigenvalue weighted by molar-refractivity contribution is -0.0412. The summed E-state index contributed by atoms with van der Waals surface area (Å²) < 4.78 is 11.0. The molecule has 0 spiro atoms. The number of rotatable bonds is 3. The van der Waals surface area contributed by atoms with Crippen LogP contribution in [0, 0.1) is 0 Å². The number of likely N-dealkylation sites (tertiary alicyclic amines) is 1. The van der Waals surface area contributed by atoms with Gasteiger partial charge in [-0.1, -0.05) is 0 Å². The molecule has 1 aromatic rings. The van der Waals surface area contributed by atoms with Gasteiger partial charge in [0.25, 0.3) is 0 Å². The van der Waals surface area contributed by atoms with Crippen LogP contribution in [0.3, 0.4) is 0 Å². The number of ether oxygens (including phenoxy) is 2. The summed E-state index contributed by atoms with van der Waals surface area (Å²) in [5.41, 5.74) is 0.927. The highest BCUT2D eigenvalue weighted by atomic mass is 16.5. The van der Waals surface area contributed by atoms with Crippen LogP contribution in [0.25, 0.3) is 0 Å². The van der Waals surface area contributed by atoms with Crippen molar-refractivity contribution >= 4 is 0 Å². The molecule has 2 aliphatic rings. The molecule has 98 valence electrons. The lowest BCUT2D eigenvalue weighted by Crippen LogP contribution is -2.41. The Hall–Kier alpha value is -1.26. The van der Waals surface area contributed by atoms with Crippen molar-refractivity contribution in [1.29, 1.82) is 0 Å². The van der Waals surface area contributed by atoms with Crippen molar-refractivity contribution in [1.82, 2.24) is 4.90 Å². The predicted octanol–water partition coefficient (Wildman–Crippen LogP) is 1.76. The topological polar surface area (TPSA) is 41.9 Å². The normalized spacial score (nSPS) is 27.4. The Morgan fingerprint density at radius 2 is 2.06 bits per heavy atom. The van der Waals surface area contributed by atoms with Gasteiger partial charge in [0.05, 0.1) is 19.3 Å². The van der Waals surface area contributed by atoms with Crippen LogP contribution in [-0.4, -0.2) is 42.4 Å². The molecule has 3 rings (SSSR count). The van der Waals surface area contributed by atoms with E-state index in [-0.39, 0.29) is 0 Å². The molecular weight excluding hydrogens is 230 g/mol. The zero-order valence-corrected chi connectivity index (χ0v) is 10.6. The molecule has 0 aliphatic carbocycles. The third kappa shape index (κ3) is 2.31. The Morgan fingerprint density at radius 1 is 1.33 bits per heavy atom. The van der Waals surface area contributed by atoms with Crippen LogP contribution in [0.2, 0.25) is 0 Å². The fourth-order valence-corrected chi connectivity index (χ4v) is 2.88. The maximum atomic E-state index is 9.90. The second-order valence-corrected chi connectivity index (χ2v) is 5.15. The van der Waals surface area contributed by atoms with E-state index in [1.54, 1.807) is 19.2 Å². The van der Waals surface area contributed by atoms with E-state index in [2.05, 4.69) is 4.90 Å². The number of morpholine rings is 1. The van der Waals surface area contributed by atoms with Crippen LogP contribution in [0.4, 0.5) is 0 Å². The van der Waals surface area contributed by atoms with Gasteiger partial charge in [0.2, 0.25) is 0 Å². The molecule has 18 heavy (non-hydrogen) atoms. The molecule has 0 amide bonds. The zero-order chi connectivity index (χ0) is 12.5. The van der Waals surface area contributed by atoms with Gasteiger partial charge in [0.15, 0.2) is 0 Å². The molecule has 4 heteroatoms. The molecule has 2 unspecified atom stereocenters. The Labute approximate surface area is 107 Å². The molecule has 0 saturated carbocycles. The van der Waals surface area contributed by atoms with Crippen molar-refractivity contribution < 1.29 is 14.6 Å². The maximum Gasteiger partial charge on any atom is 0.120 e. The quantitative estimate of drug-likeness (QED) is 0.886. The zero-order valence-electron chi connectivity index (χ0n) is 10.6. The largest absolute Gasteiger partial charge is 0.508 e. The minimum atomic E-state index is 0.342. The smallest absolute Gasteiger partial charge is 0.120 e. The first-order chi connectivity index (χ1) is 8.74. The number of phenols is 1. The maximum absolute atomic E-state index is 9.90. The third-order valence-corrected chi connectivity index (χ3v) is 3.80. The highest BCUT2D eigenvalue weighted by Gasteiger charge is 2.33. The molecule has 0 radical (unpaired) electrons. The number of nitrogens with zero attached hydrogens (tertiary/aromatic N) is 1. The summed E-state index contributed by atoms with van der Waals surface area (Å²) in [6, 6.07) is 5.39. The van der Waals surface area contributed by atoms with Gasteiger partial charge in [-0.3, -0.25) is 4.90 Å². The number of phenolic OH excluding ortho intramolecular Hbond substituents is 1. The van der Waals surface area contributed by atoms with Crippen molar-refractivity contribution in [3.63, 3.8) is 0 Å². The lowest BCUT2D eigenvalue weighted by atomic mass is 10.1. The van der Waals surface area contributed by atoms with Crippen molar-refractivity contribution in [2.24, 2.45) is 0 Å². The SMILES string of the molecule is COc1ccc(O)c(CN2CC3CCC(C2)O3)c1. The monoisotopic (exact) mass is 249 g/mol. The molecule has 1 N–H and O–H groups in total. The minimum absolute atomic E-state index is 0.342. The Kier molecular flexibility index (Phi) is 3.14. The molecule has 1 aromatic carbocycles. The molecule has 4 nitrogen and oxygen atoms in total. The number of hydrogen-bond donors (Lipinski definition) is 1. The van der Waals surface area contributed by atoms with Crippen LogP contribution in [0.5, 0.6) is 11.5 Å². The molecule has 0 aromatic heterocycles. The van der Waals surface area contributed by atoms with Gasteiger partial charge in [0, 0.05) is 25.2 Å². The van der Waals surface area contributed by atoms with Crippen molar-refractivity contribution in [3.8, 4) is 11.5 Å². The first-order valence-electron chi connectivity index (χ1n) is 6.48. The van der Waals surface area contributed by atoms with Gasteiger partial charge in [-0.25, -0.2) is 0 Å². The molecule has 2 atom stereocenters. The molecule has 2 aliphatic heterocycles. The van der Waals surface area contributed by atoms with Crippen LogP contribution < -0.4 is 4.74 Å². The number of methoxy groups -OCH3 is 1. The van der Waals surface area contributed by atoms with Gasteiger partial charge in [0.1, 0.15) is 11.5 Å². The molecule has 2 heterocycles. The second kappa shape index (κ2) is 4.78. The predicted molar refractivity (Wildman–Crippen MR) is 67.8 cm³/mol. The summed E-state index contributed by atoms with van der Waals surface area (Å²) in [6.07, 6.45) is 3.12. The fraction of sp³-hybridized carbons (Fsp3) is 0.571. The summed E-state index contributed by atoms with van der Waals surface area (Å²) in [6.45, 7) is 2.69. The van der Waals surface area contributed by atoms with Gasteiger partial charge in [-0.2, -0.15) is 0 Å². The van der Waals surface area contributed by atoms with E-state index >= 15 is 0 Å². The Balaban J connectivity index is 1.72. The lowest BCUT2D eigenvalue weighted by Gasteiger charge is -2.32. The molecular formula is C14H19NO3. The fourth-order valence-electron chi connectivity index (χ4n) is 2.88. The van der Waals surface area contributed by atoms with E-state index in [1.807, 2.05) is 6.07 Å². The van der Waals surface area contributed by atoms with Crippen LogP contribution in [0.15, 0.2) is 18.2 Å². The Bertz CT molecular complexity index is 423. The van der Waals surface area contributed by atoms with E-state index < -0.39 is 0 Å². The van der Waals surface area contributed by atoms with Crippen LogP contribution in [-0.2, 0) is 11.3 Å². The molecule has 2 fully saturated rings. The summed E-state index contributed by atoms with van der Waals surface area (Å²) >= 11 is 0. The van der Waals surface area contributed by atoms with E-state index in [0.717, 1.165) is 30.9 Å². The summed E-state index contributed by atoms with van der Waals surface area (Å²) in [4.78, 5) is 2.36. The van der Waals surface area contributed by atoms with Gasteiger partial charge < -0.3 is 14.6 Å². The van der Waals surface area contributed by atoms with Crippen molar-refractivity contribution in [2.45, 2.75) is 31.6 Å². The van der Waals surface area contributed by atoms with Crippen molar-refractivity contribution in [3.05, 3.63) is 23.8 Å². The summed E-state index contributed by atoms with van der Waals surface area (Å²) in [5.74, 6) is 1.13. The summed E-state index contributed by atoms with van der Waals surface area (Å²) in [7, 11) is 1.64. The molecule has 2 saturated heterocycles.